The molecule has 0 radical (unpaired) electrons. The highest BCUT2D eigenvalue weighted by Crippen LogP contribution is 2.35. The minimum Gasteiger partial charge on any atom is -0.391 e. The van der Waals surface area contributed by atoms with E-state index in [1.54, 1.807) is 0 Å². The number of phosphoric ester groups is 1. The summed E-state index contributed by atoms with van der Waals surface area (Å²) in [5, 5.41) is 27.1. The van der Waals surface area contributed by atoms with Crippen LogP contribution in [0.2, 0.25) is 0 Å². The van der Waals surface area contributed by atoms with Gasteiger partial charge in [-0.2, -0.15) is 0 Å². The van der Waals surface area contributed by atoms with Crippen LogP contribution in [0, 0.1) is 0 Å². The van der Waals surface area contributed by atoms with Crippen LogP contribution in [0.5, 0.6) is 0 Å². The molecule has 0 fully saturated rings. The van der Waals surface area contributed by atoms with Gasteiger partial charge in [0.15, 0.2) is 0 Å². The third kappa shape index (κ3) is 5.99. The lowest BCUT2D eigenvalue weighted by Crippen LogP contribution is -2.44. The van der Waals surface area contributed by atoms with E-state index in [0.29, 0.717) is 0 Å². The summed E-state index contributed by atoms with van der Waals surface area (Å²) in [7, 11) is -4.90. The number of hydrogen-bond acceptors (Lipinski definition) is 7. The molecule has 0 aliphatic carbocycles. The molecule has 0 rings (SSSR count). The third-order valence-electron chi connectivity index (χ3n) is 1.73. The number of ketones is 2. The lowest BCUT2D eigenvalue weighted by atomic mass is 10.0. The Kier molecular flexibility index (Phi) is 6.06. The Labute approximate surface area is 95.9 Å². The van der Waals surface area contributed by atoms with Gasteiger partial charge in [-0.3, -0.25) is 14.1 Å². The highest BCUT2D eigenvalue weighted by Gasteiger charge is 2.33. The van der Waals surface area contributed by atoms with Crippen molar-refractivity contribution in [2.45, 2.75) is 25.2 Å². The standard InChI is InChI=1S/C7H13O9P/c1-3(8)5(10)7(12)6(11)4(9)2-16-17(13,14)15/h3,5,7-8,10,12H,2H2,1H3,(H2,13,14,15). The first-order chi connectivity index (χ1) is 7.56. The Morgan fingerprint density at radius 3 is 2.06 bits per heavy atom. The summed E-state index contributed by atoms with van der Waals surface area (Å²) in [5.74, 6) is -2.94. The molecule has 0 aromatic heterocycles. The first-order valence-electron chi connectivity index (χ1n) is 4.37. The van der Waals surface area contributed by atoms with Gasteiger partial charge in [-0.1, -0.05) is 0 Å². The van der Waals surface area contributed by atoms with Crippen molar-refractivity contribution < 1.29 is 43.8 Å². The van der Waals surface area contributed by atoms with Crippen LogP contribution in [0.1, 0.15) is 6.92 Å². The molecule has 0 saturated carbocycles. The van der Waals surface area contributed by atoms with Gasteiger partial charge < -0.3 is 25.1 Å². The minimum atomic E-state index is -4.90. The van der Waals surface area contributed by atoms with Crippen LogP contribution in [-0.4, -0.2) is 61.6 Å². The molecule has 3 atom stereocenters. The second kappa shape index (κ2) is 6.31. The molecular formula is C7H13O9P. The molecule has 0 aromatic rings. The Morgan fingerprint density at radius 1 is 1.24 bits per heavy atom. The first-order valence-corrected chi connectivity index (χ1v) is 5.90. The normalized spacial score (nSPS) is 17.3. The summed E-state index contributed by atoms with van der Waals surface area (Å²) < 4.78 is 14.0. The average Bonchev–Trinajstić information content (AvgIpc) is 2.21. The summed E-state index contributed by atoms with van der Waals surface area (Å²) in [6, 6.07) is 0. The molecular weight excluding hydrogens is 259 g/mol. The fourth-order valence-corrected chi connectivity index (χ4v) is 1.08. The van der Waals surface area contributed by atoms with Crippen molar-refractivity contribution in [3.8, 4) is 0 Å². The smallest absolute Gasteiger partial charge is 0.391 e. The summed E-state index contributed by atoms with van der Waals surface area (Å²) in [5.41, 5.74) is 0. The number of Topliss-reactive ketones (excluding diaryl/α,β-unsaturated/α-hetero) is 2. The van der Waals surface area contributed by atoms with E-state index in [2.05, 4.69) is 4.52 Å². The highest BCUT2D eigenvalue weighted by molar-refractivity contribution is 7.46. The summed E-state index contributed by atoms with van der Waals surface area (Å²) in [6.07, 6.45) is -5.51. The molecule has 100 valence electrons. The molecule has 0 bridgehead atoms. The van der Waals surface area contributed by atoms with Gasteiger partial charge in [-0.25, -0.2) is 4.57 Å². The van der Waals surface area contributed by atoms with Gasteiger partial charge in [-0.05, 0) is 6.92 Å². The van der Waals surface area contributed by atoms with Gasteiger partial charge in [-0.15, -0.1) is 0 Å². The molecule has 0 aromatic carbocycles. The van der Waals surface area contributed by atoms with Crippen LogP contribution in [0.4, 0.5) is 0 Å². The molecule has 10 heteroatoms. The van der Waals surface area contributed by atoms with Crippen LogP contribution in [0.15, 0.2) is 0 Å². The van der Waals surface area contributed by atoms with Gasteiger partial charge in [0.05, 0.1) is 6.10 Å². The first kappa shape index (κ1) is 16.3. The van der Waals surface area contributed by atoms with E-state index in [1.165, 1.54) is 0 Å². The Hall–Kier alpha value is -0.670. The van der Waals surface area contributed by atoms with E-state index in [9.17, 15) is 14.2 Å². The number of aliphatic hydroxyl groups excluding tert-OH is 3. The molecule has 17 heavy (non-hydrogen) atoms. The maximum absolute atomic E-state index is 11.1. The second-order valence-electron chi connectivity index (χ2n) is 3.23. The molecule has 0 aliphatic rings. The van der Waals surface area contributed by atoms with E-state index in [1.807, 2.05) is 0 Å². The number of hydrogen-bond donors (Lipinski definition) is 5. The van der Waals surface area contributed by atoms with Crippen molar-refractivity contribution in [3.63, 3.8) is 0 Å². The van der Waals surface area contributed by atoms with Crippen molar-refractivity contribution in [1.82, 2.24) is 0 Å². The Bertz CT molecular complexity index is 332. The quantitative estimate of drug-likeness (QED) is 0.246. The zero-order valence-corrected chi connectivity index (χ0v) is 9.65. The predicted molar refractivity (Wildman–Crippen MR) is 51.7 cm³/mol. The molecule has 3 unspecified atom stereocenters. The minimum absolute atomic E-state index is 1.08. The monoisotopic (exact) mass is 272 g/mol. The van der Waals surface area contributed by atoms with Gasteiger partial charge >= 0.3 is 7.82 Å². The topological polar surface area (TPSA) is 162 Å². The molecule has 0 amide bonds. The van der Waals surface area contributed by atoms with Gasteiger partial charge in [0.2, 0.25) is 11.6 Å². The summed E-state index contributed by atoms with van der Waals surface area (Å²) in [6.45, 7) is -0.148. The van der Waals surface area contributed by atoms with Crippen LogP contribution in [0.3, 0.4) is 0 Å². The van der Waals surface area contributed by atoms with Gasteiger partial charge in [0, 0.05) is 0 Å². The van der Waals surface area contributed by atoms with Gasteiger partial charge in [0.1, 0.15) is 18.8 Å². The molecule has 9 nitrogen and oxygen atoms in total. The molecule has 0 saturated heterocycles. The van der Waals surface area contributed by atoms with Crippen molar-refractivity contribution in [3.05, 3.63) is 0 Å². The fourth-order valence-electron chi connectivity index (χ4n) is 0.798. The number of rotatable bonds is 7. The maximum atomic E-state index is 11.1. The highest BCUT2D eigenvalue weighted by atomic mass is 31.2. The number of phosphoric acid groups is 1. The zero-order chi connectivity index (χ0) is 13.8. The van der Waals surface area contributed by atoms with Crippen LogP contribution in [-0.2, 0) is 18.7 Å². The predicted octanol–water partition coefficient (Wildman–Crippen LogP) is -2.66. The van der Waals surface area contributed by atoms with E-state index in [-0.39, 0.29) is 0 Å². The largest absolute Gasteiger partial charge is 0.470 e. The summed E-state index contributed by atoms with van der Waals surface area (Å²) in [4.78, 5) is 38.6. The molecule has 0 spiro atoms. The second-order valence-corrected chi connectivity index (χ2v) is 4.47. The number of carbonyl (C=O) groups is 2. The van der Waals surface area contributed by atoms with Crippen molar-refractivity contribution in [2.24, 2.45) is 0 Å². The van der Waals surface area contributed by atoms with Crippen molar-refractivity contribution in [2.75, 3.05) is 6.61 Å². The Balaban J connectivity index is 4.41. The number of aliphatic hydroxyl groups is 3. The molecule has 5 N–H and O–H groups in total. The molecule has 0 heterocycles. The van der Waals surface area contributed by atoms with Crippen LogP contribution < -0.4 is 0 Å². The van der Waals surface area contributed by atoms with Crippen LogP contribution in [0.25, 0.3) is 0 Å². The lowest BCUT2D eigenvalue weighted by molar-refractivity contribution is -0.149. The van der Waals surface area contributed by atoms with Gasteiger partial charge in [0.25, 0.3) is 0 Å². The average molecular weight is 272 g/mol. The zero-order valence-electron chi connectivity index (χ0n) is 8.76. The SMILES string of the molecule is CC(O)C(O)C(O)C(=O)C(=O)COP(=O)(O)O. The maximum Gasteiger partial charge on any atom is 0.470 e. The van der Waals surface area contributed by atoms with Crippen molar-refractivity contribution in [1.29, 1.82) is 0 Å². The van der Waals surface area contributed by atoms with E-state index in [0.717, 1.165) is 6.92 Å². The van der Waals surface area contributed by atoms with Crippen molar-refractivity contribution >= 4 is 19.4 Å². The third-order valence-corrected chi connectivity index (χ3v) is 2.19. The van der Waals surface area contributed by atoms with E-state index in [4.69, 9.17) is 25.1 Å². The lowest BCUT2D eigenvalue weighted by Gasteiger charge is -2.18. The fraction of sp³-hybridized carbons (Fsp3) is 0.714. The summed E-state index contributed by atoms with van der Waals surface area (Å²) >= 11 is 0. The Morgan fingerprint density at radius 2 is 1.71 bits per heavy atom. The van der Waals surface area contributed by atoms with Crippen LogP contribution >= 0.6 is 7.82 Å². The number of carbonyl (C=O) groups excluding carboxylic acids is 2. The molecule has 0 aliphatic heterocycles. The van der Waals surface area contributed by atoms with E-state index < -0.39 is 44.3 Å². The van der Waals surface area contributed by atoms with E-state index >= 15 is 0 Å².